The van der Waals surface area contributed by atoms with E-state index in [0.29, 0.717) is 23.3 Å². The van der Waals surface area contributed by atoms with Crippen LogP contribution < -0.4 is 15.0 Å². The lowest BCUT2D eigenvalue weighted by atomic mass is 9.89. The highest BCUT2D eigenvalue weighted by atomic mass is 19.1. The molecule has 0 aromatic heterocycles. The molecule has 2 aliphatic heterocycles. The van der Waals surface area contributed by atoms with Gasteiger partial charge in [-0.25, -0.2) is 18.4 Å². The number of urea groups is 1. The average molecular weight is 374 g/mol. The minimum absolute atomic E-state index is 0.0792. The van der Waals surface area contributed by atoms with E-state index in [1.54, 1.807) is 25.1 Å². The minimum atomic E-state index is -1.18. The third-order valence-electron chi connectivity index (χ3n) is 4.84. The molecule has 2 amide bonds. The van der Waals surface area contributed by atoms with Crippen molar-refractivity contribution in [3.63, 3.8) is 0 Å². The molecule has 2 aromatic carbocycles. The van der Waals surface area contributed by atoms with Crippen molar-refractivity contribution in [2.75, 3.05) is 12.0 Å². The van der Waals surface area contributed by atoms with Crippen LogP contribution in [0.1, 0.15) is 35.3 Å². The van der Waals surface area contributed by atoms with Gasteiger partial charge in [0.1, 0.15) is 17.4 Å². The van der Waals surface area contributed by atoms with E-state index in [1.165, 1.54) is 13.2 Å². The van der Waals surface area contributed by atoms with E-state index in [9.17, 15) is 18.4 Å². The van der Waals surface area contributed by atoms with Gasteiger partial charge in [-0.1, -0.05) is 0 Å². The monoisotopic (exact) mass is 374 g/mol. The second kappa shape index (κ2) is 5.94. The summed E-state index contributed by atoms with van der Waals surface area (Å²) in [5, 5.41) is 2.80. The Kier molecular flexibility index (Phi) is 3.80. The van der Waals surface area contributed by atoms with Crippen LogP contribution in [0.3, 0.4) is 0 Å². The molecule has 0 spiro atoms. The first-order chi connectivity index (χ1) is 12.8. The summed E-state index contributed by atoms with van der Waals surface area (Å²) >= 11 is 0. The zero-order valence-corrected chi connectivity index (χ0v) is 14.6. The summed E-state index contributed by atoms with van der Waals surface area (Å²) in [4.78, 5) is 25.6. The number of rotatable bonds is 2. The Morgan fingerprint density at radius 1 is 1.30 bits per heavy atom. The second-order valence-electron chi connectivity index (χ2n) is 6.66. The van der Waals surface area contributed by atoms with Gasteiger partial charge in [0.15, 0.2) is 5.72 Å². The SMILES string of the molecule is COC(=O)c1ccc2c(c1)[C@@H]1C[C@@](C)(O2)N(c2ccc(F)cc2F)C(=O)N1. The van der Waals surface area contributed by atoms with E-state index in [-0.39, 0.29) is 5.69 Å². The van der Waals surface area contributed by atoms with Crippen LogP contribution in [0.4, 0.5) is 19.3 Å². The molecule has 2 atom stereocenters. The van der Waals surface area contributed by atoms with Gasteiger partial charge in [0.05, 0.1) is 24.4 Å². The van der Waals surface area contributed by atoms with E-state index in [1.807, 2.05) is 0 Å². The van der Waals surface area contributed by atoms with Crippen LogP contribution in [-0.4, -0.2) is 24.8 Å². The third-order valence-corrected chi connectivity index (χ3v) is 4.84. The number of nitrogens with one attached hydrogen (secondary N) is 1. The second-order valence-corrected chi connectivity index (χ2v) is 6.66. The average Bonchev–Trinajstić information content (AvgIpc) is 2.62. The highest BCUT2D eigenvalue weighted by Gasteiger charge is 2.50. The predicted molar refractivity (Wildman–Crippen MR) is 91.5 cm³/mol. The number of hydrogen-bond donors (Lipinski definition) is 1. The summed E-state index contributed by atoms with van der Waals surface area (Å²) in [6.07, 6.45) is 0.313. The smallest absolute Gasteiger partial charge is 0.337 e. The number of hydrogen-bond acceptors (Lipinski definition) is 4. The van der Waals surface area contributed by atoms with Gasteiger partial charge in [0.25, 0.3) is 0 Å². The molecular weight excluding hydrogens is 358 g/mol. The van der Waals surface area contributed by atoms with Crippen molar-refractivity contribution in [3.05, 3.63) is 59.2 Å². The quantitative estimate of drug-likeness (QED) is 0.817. The molecule has 0 unspecified atom stereocenters. The Morgan fingerprint density at radius 2 is 2.07 bits per heavy atom. The van der Waals surface area contributed by atoms with Crippen LogP contribution in [-0.2, 0) is 4.74 Å². The summed E-state index contributed by atoms with van der Waals surface area (Å²) in [5.41, 5.74) is -0.275. The topological polar surface area (TPSA) is 67.9 Å². The number of methoxy groups -OCH3 is 1. The molecule has 0 radical (unpaired) electrons. The van der Waals surface area contributed by atoms with Crippen LogP contribution in [0.2, 0.25) is 0 Å². The molecule has 140 valence electrons. The van der Waals surface area contributed by atoms with E-state index in [0.717, 1.165) is 17.0 Å². The lowest BCUT2D eigenvalue weighted by Gasteiger charge is -2.50. The minimum Gasteiger partial charge on any atom is -0.467 e. The first-order valence-electron chi connectivity index (χ1n) is 8.29. The fraction of sp³-hybridized carbons (Fsp3) is 0.263. The van der Waals surface area contributed by atoms with E-state index in [4.69, 9.17) is 9.47 Å². The van der Waals surface area contributed by atoms with Crippen LogP contribution in [0, 0.1) is 11.6 Å². The van der Waals surface area contributed by atoms with E-state index >= 15 is 0 Å². The molecule has 27 heavy (non-hydrogen) atoms. The van der Waals surface area contributed by atoms with Crippen molar-refractivity contribution in [3.8, 4) is 5.75 Å². The van der Waals surface area contributed by atoms with Crippen molar-refractivity contribution in [2.24, 2.45) is 0 Å². The molecule has 6 nitrogen and oxygen atoms in total. The molecule has 8 heteroatoms. The molecule has 1 N–H and O–H groups in total. The van der Waals surface area contributed by atoms with Crippen molar-refractivity contribution in [1.29, 1.82) is 0 Å². The zero-order valence-electron chi connectivity index (χ0n) is 14.6. The van der Waals surface area contributed by atoms with Crippen LogP contribution in [0.25, 0.3) is 0 Å². The maximum atomic E-state index is 14.3. The van der Waals surface area contributed by atoms with Gasteiger partial charge in [0, 0.05) is 18.1 Å². The molecule has 1 saturated heterocycles. The predicted octanol–water partition coefficient (Wildman–Crippen LogP) is 3.52. The fourth-order valence-electron chi connectivity index (χ4n) is 3.65. The number of carbonyl (C=O) groups is 2. The Labute approximate surface area is 153 Å². The number of nitrogens with zero attached hydrogens (tertiary/aromatic N) is 1. The number of esters is 1. The van der Waals surface area contributed by atoms with Crippen molar-refractivity contribution in [1.82, 2.24) is 5.32 Å². The van der Waals surface area contributed by atoms with E-state index in [2.05, 4.69) is 5.32 Å². The highest BCUT2D eigenvalue weighted by molar-refractivity contribution is 5.95. The van der Waals surface area contributed by atoms with Gasteiger partial charge >= 0.3 is 12.0 Å². The summed E-state index contributed by atoms with van der Waals surface area (Å²) in [7, 11) is 1.28. The number of carbonyl (C=O) groups excluding carboxylic acids is 2. The number of anilines is 1. The zero-order chi connectivity index (χ0) is 19.3. The Bertz CT molecular complexity index is 965. The van der Waals surface area contributed by atoms with E-state index < -0.39 is 35.4 Å². The van der Waals surface area contributed by atoms with Gasteiger partial charge in [-0.05, 0) is 37.3 Å². The molecule has 0 saturated carbocycles. The van der Waals surface area contributed by atoms with Crippen molar-refractivity contribution in [2.45, 2.75) is 25.1 Å². The molecule has 2 bridgehead atoms. The summed E-state index contributed by atoms with van der Waals surface area (Å²) < 4.78 is 38.3. The molecule has 2 heterocycles. The molecular formula is C19H16F2N2O4. The number of ether oxygens (including phenoxy) is 2. The van der Waals surface area contributed by atoms with Gasteiger partial charge in [0.2, 0.25) is 0 Å². The number of benzene rings is 2. The lowest BCUT2D eigenvalue weighted by molar-refractivity contribution is 0.0372. The normalized spacial score (nSPS) is 23.2. The van der Waals surface area contributed by atoms with Gasteiger partial charge < -0.3 is 14.8 Å². The standard InChI is InChI=1S/C19H16F2N2O4/c1-19-9-14(12-7-10(17(24)26-2)3-6-16(12)27-19)22-18(25)23(19)15-5-4-11(20)8-13(15)21/h3-8,14H,9H2,1-2H3,(H,22,25)/t14-,19+/m0/s1. The Morgan fingerprint density at radius 3 is 2.78 bits per heavy atom. The first-order valence-corrected chi connectivity index (χ1v) is 8.29. The van der Waals surface area contributed by atoms with Crippen molar-refractivity contribution >= 4 is 17.7 Å². The maximum absolute atomic E-state index is 14.3. The maximum Gasteiger partial charge on any atom is 0.337 e. The van der Waals surface area contributed by atoms with Gasteiger partial charge in [-0.15, -0.1) is 0 Å². The Hall–Kier alpha value is -3.16. The summed E-state index contributed by atoms with van der Waals surface area (Å²) in [6.45, 7) is 1.67. The molecule has 0 aliphatic carbocycles. The highest BCUT2D eigenvalue weighted by Crippen LogP contribution is 2.46. The Balaban J connectivity index is 1.77. The number of halogens is 2. The number of amides is 2. The third kappa shape index (κ3) is 2.68. The molecule has 4 rings (SSSR count). The first kappa shape index (κ1) is 17.3. The summed E-state index contributed by atoms with van der Waals surface area (Å²) in [5.74, 6) is -1.63. The van der Waals surface area contributed by atoms with Crippen LogP contribution in [0.5, 0.6) is 5.75 Å². The van der Waals surface area contributed by atoms with Crippen LogP contribution in [0.15, 0.2) is 36.4 Å². The van der Waals surface area contributed by atoms with Crippen LogP contribution >= 0.6 is 0 Å². The molecule has 2 aromatic rings. The lowest BCUT2D eigenvalue weighted by Crippen LogP contribution is -2.65. The summed E-state index contributed by atoms with van der Waals surface area (Å²) in [6, 6.07) is 6.79. The number of fused-ring (bicyclic) bond motifs is 4. The molecule has 2 aliphatic rings. The van der Waals surface area contributed by atoms with Gasteiger partial charge in [-0.2, -0.15) is 0 Å². The van der Waals surface area contributed by atoms with Crippen molar-refractivity contribution < 1.29 is 27.8 Å². The largest absolute Gasteiger partial charge is 0.467 e. The molecule has 1 fully saturated rings. The fourth-order valence-corrected chi connectivity index (χ4v) is 3.65. The van der Waals surface area contributed by atoms with Gasteiger partial charge in [-0.3, -0.25) is 4.90 Å².